The summed E-state index contributed by atoms with van der Waals surface area (Å²) >= 11 is 1.07. The zero-order valence-corrected chi connectivity index (χ0v) is 6.86. The average molecular weight is 153 g/mol. The van der Waals surface area contributed by atoms with Crippen LogP contribution in [0.2, 0.25) is 0 Å². The van der Waals surface area contributed by atoms with Crippen molar-refractivity contribution in [1.29, 1.82) is 0 Å². The number of nitrogens with one attached hydrogen (secondary N) is 1. The van der Waals surface area contributed by atoms with E-state index in [-0.39, 0.29) is 0 Å². The molecule has 0 aliphatic heterocycles. The Bertz CT molecular complexity index is 232. The molecule has 54 valence electrons. The lowest BCUT2D eigenvalue weighted by molar-refractivity contribution is 1.39. The van der Waals surface area contributed by atoms with Crippen LogP contribution in [-0.4, -0.2) is 12.9 Å². The summed E-state index contributed by atoms with van der Waals surface area (Å²) < 4.78 is 0. The standard InChI is InChI=1S/C8H11NS/c1-9-7-5-3-4-6-8(7)10-2/h3-6,9-10H,2H2,1H3. The topological polar surface area (TPSA) is 12.0 Å². The molecule has 1 aromatic rings. The molecule has 0 unspecified atom stereocenters. The maximum Gasteiger partial charge on any atom is 0.0468 e. The molecule has 1 rings (SSSR count). The van der Waals surface area contributed by atoms with E-state index >= 15 is 0 Å². The third kappa shape index (κ3) is 1.39. The lowest BCUT2D eigenvalue weighted by Crippen LogP contribution is -1.87. The molecule has 0 heterocycles. The first kappa shape index (κ1) is 7.35. The van der Waals surface area contributed by atoms with Crippen molar-refractivity contribution in [1.82, 2.24) is 0 Å². The second-order valence-electron chi connectivity index (χ2n) is 1.93. The second kappa shape index (κ2) is 3.42. The summed E-state index contributed by atoms with van der Waals surface area (Å²) in [7, 11) is 1.92. The fraction of sp³-hybridized carbons (Fsp3) is 0.125. The lowest BCUT2D eigenvalue weighted by Gasteiger charge is -2.02. The third-order valence-electron chi connectivity index (χ3n) is 1.34. The highest BCUT2D eigenvalue weighted by Gasteiger charge is 1.91. The largest absolute Gasteiger partial charge is 0.387 e. The van der Waals surface area contributed by atoms with Gasteiger partial charge in [0.1, 0.15) is 0 Å². The molecule has 0 bridgehead atoms. The van der Waals surface area contributed by atoms with Gasteiger partial charge in [-0.15, -0.1) is 0 Å². The Kier molecular flexibility index (Phi) is 2.51. The Morgan fingerprint density at radius 1 is 1.40 bits per heavy atom. The van der Waals surface area contributed by atoms with Gasteiger partial charge in [0.25, 0.3) is 0 Å². The number of hydrogen-bond acceptors (Lipinski definition) is 1. The smallest absolute Gasteiger partial charge is 0.0468 e. The highest BCUT2D eigenvalue weighted by molar-refractivity contribution is 7.96. The van der Waals surface area contributed by atoms with E-state index in [1.807, 2.05) is 25.2 Å². The van der Waals surface area contributed by atoms with E-state index < -0.39 is 0 Å². The van der Waals surface area contributed by atoms with Crippen LogP contribution >= 0.6 is 11.4 Å². The summed E-state index contributed by atoms with van der Waals surface area (Å²) in [5.41, 5.74) is 1.17. The first-order valence-corrected chi connectivity index (χ1v) is 4.20. The normalized spacial score (nSPS) is 9.30. The summed E-state index contributed by atoms with van der Waals surface area (Å²) in [6.45, 7) is 0. The van der Waals surface area contributed by atoms with Crippen LogP contribution in [0.5, 0.6) is 0 Å². The van der Waals surface area contributed by atoms with E-state index in [0.717, 1.165) is 11.4 Å². The van der Waals surface area contributed by atoms with Crippen LogP contribution in [0.4, 0.5) is 5.69 Å². The average Bonchev–Trinajstić information content (AvgIpc) is 2.04. The molecule has 0 spiro atoms. The van der Waals surface area contributed by atoms with Crippen molar-refractivity contribution < 1.29 is 0 Å². The summed E-state index contributed by atoms with van der Waals surface area (Å²) in [6, 6.07) is 8.16. The van der Waals surface area contributed by atoms with E-state index in [0.29, 0.717) is 0 Å². The molecule has 0 aromatic heterocycles. The zero-order valence-electron chi connectivity index (χ0n) is 5.96. The molecule has 0 amide bonds. The van der Waals surface area contributed by atoms with E-state index in [1.54, 1.807) is 0 Å². The highest BCUT2D eigenvalue weighted by atomic mass is 32.1. The fourth-order valence-corrected chi connectivity index (χ4v) is 1.37. The van der Waals surface area contributed by atoms with Gasteiger partial charge in [-0.25, -0.2) is 0 Å². The third-order valence-corrected chi connectivity index (χ3v) is 2.07. The molecule has 0 radical (unpaired) electrons. The van der Waals surface area contributed by atoms with Crippen molar-refractivity contribution in [3.05, 3.63) is 24.3 Å². The molecule has 0 aliphatic carbocycles. The lowest BCUT2D eigenvalue weighted by atomic mass is 10.3. The minimum Gasteiger partial charge on any atom is -0.387 e. The van der Waals surface area contributed by atoms with Crippen LogP contribution in [0.15, 0.2) is 29.2 Å². The van der Waals surface area contributed by atoms with Gasteiger partial charge < -0.3 is 5.32 Å². The Hall–Kier alpha value is -0.760. The van der Waals surface area contributed by atoms with E-state index in [9.17, 15) is 0 Å². The number of hydrogen-bond donors (Lipinski definition) is 2. The number of rotatable bonds is 2. The number of para-hydroxylation sites is 1. The van der Waals surface area contributed by atoms with Crippen molar-refractivity contribution in [2.24, 2.45) is 0 Å². The van der Waals surface area contributed by atoms with Gasteiger partial charge in [0.05, 0.1) is 0 Å². The minimum absolute atomic E-state index is 1.07. The van der Waals surface area contributed by atoms with E-state index in [2.05, 4.69) is 17.3 Å². The van der Waals surface area contributed by atoms with Crippen molar-refractivity contribution >= 4 is 22.9 Å². The van der Waals surface area contributed by atoms with Crippen molar-refractivity contribution in [2.45, 2.75) is 4.90 Å². The first-order valence-electron chi connectivity index (χ1n) is 3.12. The Morgan fingerprint density at radius 2 is 2.10 bits per heavy atom. The van der Waals surface area contributed by atoms with Gasteiger partial charge in [-0.2, -0.15) is 11.4 Å². The predicted octanol–water partition coefficient (Wildman–Crippen LogP) is 1.98. The van der Waals surface area contributed by atoms with Gasteiger partial charge in [-0.1, -0.05) is 18.0 Å². The molecular formula is C8H11NS. The Labute approximate surface area is 65.0 Å². The van der Waals surface area contributed by atoms with Crippen LogP contribution in [0.1, 0.15) is 0 Å². The molecule has 2 heteroatoms. The van der Waals surface area contributed by atoms with Gasteiger partial charge in [-0.05, 0) is 12.1 Å². The van der Waals surface area contributed by atoms with Gasteiger partial charge in [0.2, 0.25) is 0 Å². The second-order valence-corrected chi connectivity index (χ2v) is 2.72. The summed E-state index contributed by atoms with van der Waals surface area (Å²) in [6.07, 6.45) is 0. The monoisotopic (exact) mass is 153 g/mol. The quantitative estimate of drug-likeness (QED) is 0.489. The van der Waals surface area contributed by atoms with E-state index in [1.165, 1.54) is 10.6 Å². The summed E-state index contributed by atoms with van der Waals surface area (Å²) in [5, 5.41) is 3.10. The van der Waals surface area contributed by atoms with Crippen LogP contribution < -0.4 is 5.32 Å². The number of benzene rings is 1. The first-order chi connectivity index (χ1) is 4.88. The maximum absolute atomic E-state index is 3.80. The van der Waals surface area contributed by atoms with Crippen molar-refractivity contribution in [3.63, 3.8) is 0 Å². The molecular weight excluding hydrogens is 142 g/mol. The van der Waals surface area contributed by atoms with E-state index in [4.69, 9.17) is 0 Å². The molecule has 0 atom stereocenters. The fourth-order valence-electron chi connectivity index (χ4n) is 0.823. The molecule has 10 heavy (non-hydrogen) atoms. The summed E-state index contributed by atoms with van der Waals surface area (Å²) in [4.78, 5) is 1.24. The molecule has 0 saturated heterocycles. The van der Waals surface area contributed by atoms with Gasteiger partial charge >= 0.3 is 0 Å². The van der Waals surface area contributed by atoms with Crippen LogP contribution in [0.25, 0.3) is 0 Å². The molecule has 0 fully saturated rings. The zero-order chi connectivity index (χ0) is 7.40. The highest BCUT2D eigenvalue weighted by Crippen LogP contribution is 2.19. The van der Waals surface area contributed by atoms with Crippen LogP contribution in [0, 0.1) is 0 Å². The number of anilines is 1. The van der Waals surface area contributed by atoms with Gasteiger partial charge in [0, 0.05) is 17.6 Å². The molecule has 0 aliphatic rings. The predicted molar refractivity (Wildman–Crippen MR) is 50.4 cm³/mol. The maximum atomic E-state index is 3.80. The van der Waals surface area contributed by atoms with Crippen LogP contribution in [0.3, 0.4) is 0 Å². The Morgan fingerprint density at radius 3 is 2.60 bits per heavy atom. The molecule has 1 N–H and O–H groups in total. The van der Waals surface area contributed by atoms with Crippen molar-refractivity contribution in [3.8, 4) is 0 Å². The van der Waals surface area contributed by atoms with Crippen molar-refractivity contribution in [2.75, 3.05) is 12.4 Å². The molecule has 1 aromatic carbocycles. The SMILES string of the molecule is C=[SH]c1ccccc1NC. The molecule has 1 nitrogen and oxygen atoms in total. The van der Waals surface area contributed by atoms with Gasteiger partial charge in [-0.3, -0.25) is 0 Å². The van der Waals surface area contributed by atoms with Crippen LogP contribution in [-0.2, 0) is 0 Å². The summed E-state index contributed by atoms with van der Waals surface area (Å²) in [5.74, 6) is 3.80. The number of thiol groups is 1. The van der Waals surface area contributed by atoms with Gasteiger partial charge in [0.15, 0.2) is 0 Å². The Balaban J connectivity index is 3.08. The molecule has 0 saturated carbocycles. The minimum atomic E-state index is 1.07.